The van der Waals surface area contributed by atoms with Crippen molar-refractivity contribution >= 4 is 0 Å². The summed E-state index contributed by atoms with van der Waals surface area (Å²) in [6.07, 6.45) is 12.8. The smallest absolute Gasteiger partial charge is 0.0597 e. The van der Waals surface area contributed by atoms with E-state index in [0.717, 1.165) is 32.1 Å². The fourth-order valence-corrected chi connectivity index (χ4v) is 6.41. The van der Waals surface area contributed by atoms with Gasteiger partial charge in [0.25, 0.3) is 0 Å². The Hall–Kier alpha value is -0.600. The standard InChI is InChI=1S/C19H28O2/c1-18-10-4-3-5-12(18)6-7-13-14-8-9-16(21)19(14,2)11-15(20)17(13)18/h3,5-6,13-17,20-21H,4,7-11H2,1-2H3/t13-,14-,15-,16-,17+,18-,19-/m0/s1. The van der Waals surface area contributed by atoms with Crippen molar-refractivity contribution in [2.24, 2.45) is 28.6 Å². The van der Waals surface area contributed by atoms with E-state index < -0.39 is 0 Å². The fourth-order valence-electron chi connectivity index (χ4n) is 6.41. The van der Waals surface area contributed by atoms with Crippen LogP contribution in [0, 0.1) is 28.6 Å². The van der Waals surface area contributed by atoms with Gasteiger partial charge in [0, 0.05) is 0 Å². The Morgan fingerprint density at radius 3 is 2.81 bits per heavy atom. The summed E-state index contributed by atoms with van der Waals surface area (Å²) < 4.78 is 0. The predicted octanol–water partition coefficient (Wildman–Crippen LogP) is 3.45. The summed E-state index contributed by atoms with van der Waals surface area (Å²) in [5.41, 5.74) is 1.54. The van der Waals surface area contributed by atoms with E-state index >= 15 is 0 Å². The highest BCUT2D eigenvalue weighted by atomic mass is 16.3. The molecule has 0 saturated heterocycles. The van der Waals surface area contributed by atoms with Gasteiger partial charge in [-0.3, -0.25) is 0 Å². The fraction of sp³-hybridized carbons (Fsp3) is 0.789. The van der Waals surface area contributed by atoms with Crippen molar-refractivity contribution in [3.8, 4) is 0 Å². The molecular weight excluding hydrogens is 260 g/mol. The zero-order chi connectivity index (χ0) is 14.8. The van der Waals surface area contributed by atoms with Gasteiger partial charge in [-0.15, -0.1) is 0 Å². The van der Waals surface area contributed by atoms with Crippen molar-refractivity contribution in [1.29, 1.82) is 0 Å². The van der Waals surface area contributed by atoms with Crippen molar-refractivity contribution in [1.82, 2.24) is 0 Å². The van der Waals surface area contributed by atoms with Gasteiger partial charge in [0.05, 0.1) is 12.2 Å². The lowest BCUT2D eigenvalue weighted by Crippen LogP contribution is -2.56. The summed E-state index contributed by atoms with van der Waals surface area (Å²) in [5.74, 6) is 1.52. The van der Waals surface area contributed by atoms with Crippen LogP contribution in [-0.4, -0.2) is 22.4 Å². The normalized spacial score (nSPS) is 55.4. The topological polar surface area (TPSA) is 40.5 Å². The minimum atomic E-state index is -0.260. The summed E-state index contributed by atoms with van der Waals surface area (Å²) >= 11 is 0. The first-order valence-corrected chi connectivity index (χ1v) is 8.70. The summed E-state index contributed by atoms with van der Waals surface area (Å²) in [4.78, 5) is 0. The molecule has 2 saturated carbocycles. The molecule has 0 amide bonds. The second-order valence-electron chi connectivity index (χ2n) is 8.42. The molecule has 2 fully saturated rings. The van der Waals surface area contributed by atoms with E-state index in [4.69, 9.17) is 0 Å². The highest BCUT2D eigenvalue weighted by molar-refractivity contribution is 5.34. The van der Waals surface area contributed by atoms with Gasteiger partial charge in [-0.05, 0) is 72.7 Å². The molecule has 4 aliphatic rings. The van der Waals surface area contributed by atoms with E-state index in [2.05, 4.69) is 32.1 Å². The van der Waals surface area contributed by atoms with Gasteiger partial charge >= 0.3 is 0 Å². The van der Waals surface area contributed by atoms with Crippen LogP contribution in [0.2, 0.25) is 0 Å². The average Bonchev–Trinajstić information content (AvgIpc) is 2.73. The summed E-state index contributed by atoms with van der Waals surface area (Å²) in [6.45, 7) is 4.59. The van der Waals surface area contributed by atoms with Crippen molar-refractivity contribution < 1.29 is 10.2 Å². The second-order valence-corrected chi connectivity index (χ2v) is 8.42. The molecule has 0 spiro atoms. The van der Waals surface area contributed by atoms with Crippen molar-refractivity contribution in [2.45, 2.75) is 64.6 Å². The SMILES string of the molecule is C[C@]12C[C@H](O)[C@H]3[C@@H](CC=C4C=CCC[C@@]43C)[C@@H]1CC[C@@H]2O. The van der Waals surface area contributed by atoms with Crippen LogP contribution >= 0.6 is 0 Å². The maximum absolute atomic E-state index is 11.0. The first-order chi connectivity index (χ1) is 9.97. The lowest BCUT2D eigenvalue weighted by molar-refractivity contribution is -0.130. The summed E-state index contributed by atoms with van der Waals surface area (Å²) in [7, 11) is 0. The third-order valence-corrected chi connectivity index (χ3v) is 7.53. The molecule has 0 aromatic carbocycles. The summed E-state index contributed by atoms with van der Waals surface area (Å²) in [5, 5.41) is 21.4. The van der Waals surface area contributed by atoms with Crippen LogP contribution in [0.1, 0.15) is 52.4 Å². The van der Waals surface area contributed by atoms with Gasteiger partial charge in [0.2, 0.25) is 0 Å². The molecule has 4 rings (SSSR count). The molecular formula is C19H28O2. The van der Waals surface area contributed by atoms with Gasteiger partial charge in [-0.25, -0.2) is 0 Å². The highest BCUT2D eigenvalue weighted by Crippen LogP contribution is 2.64. The Labute approximate surface area is 127 Å². The van der Waals surface area contributed by atoms with Crippen molar-refractivity contribution in [2.75, 3.05) is 0 Å². The maximum Gasteiger partial charge on any atom is 0.0597 e. The van der Waals surface area contributed by atoms with Gasteiger partial charge in [0.15, 0.2) is 0 Å². The van der Waals surface area contributed by atoms with Crippen molar-refractivity contribution in [3.63, 3.8) is 0 Å². The zero-order valence-corrected chi connectivity index (χ0v) is 13.3. The number of hydrogen-bond donors (Lipinski definition) is 2. The molecule has 7 atom stereocenters. The Bertz CT molecular complexity index is 508. The molecule has 0 unspecified atom stereocenters. The molecule has 21 heavy (non-hydrogen) atoms. The Morgan fingerprint density at radius 2 is 2.00 bits per heavy atom. The lowest BCUT2D eigenvalue weighted by Gasteiger charge is -2.58. The third kappa shape index (κ3) is 1.72. The molecule has 2 N–H and O–H groups in total. The van der Waals surface area contributed by atoms with E-state index in [1.54, 1.807) is 0 Å². The van der Waals surface area contributed by atoms with E-state index in [1.807, 2.05) is 0 Å². The van der Waals surface area contributed by atoms with Gasteiger partial charge in [-0.2, -0.15) is 0 Å². The van der Waals surface area contributed by atoms with Gasteiger partial charge in [-0.1, -0.05) is 32.1 Å². The monoisotopic (exact) mass is 288 g/mol. The van der Waals surface area contributed by atoms with Crippen LogP contribution in [0.5, 0.6) is 0 Å². The van der Waals surface area contributed by atoms with E-state index in [9.17, 15) is 10.2 Å². The van der Waals surface area contributed by atoms with Crippen LogP contribution < -0.4 is 0 Å². The average molecular weight is 288 g/mol. The zero-order valence-electron chi connectivity index (χ0n) is 13.3. The van der Waals surface area contributed by atoms with Crippen LogP contribution in [0.4, 0.5) is 0 Å². The number of fused-ring (bicyclic) bond motifs is 5. The molecule has 0 radical (unpaired) electrons. The molecule has 116 valence electrons. The molecule has 0 aliphatic heterocycles. The molecule has 0 bridgehead atoms. The van der Waals surface area contributed by atoms with Crippen LogP contribution in [0.3, 0.4) is 0 Å². The number of allylic oxidation sites excluding steroid dienone is 4. The third-order valence-electron chi connectivity index (χ3n) is 7.53. The number of hydrogen-bond acceptors (Lipinski definition) is 2. The van der Waals surface area contributed by atoms with Crippen LogP contribution in [0.25, 0.3) is 0 Å². The number of aliphatic hydroxyl groups is 2. The van der Waals surface area contributed by atoms with Gasteiger partial charge in [0.1, 0.15) is 0 Å². The van der Waals surface area contributed by atoms with Crippen LogP contribution in [-0.2, 0) is 0 Å². The van der Waals surface area contributed by atoms with Gasteiger partial charge < -0.3 is 10.2 Å². The number of rotatable bonds is 0. The first kappa shape index (κ1) is 14.0. The lowest BCUT2D eigenvalue weighted by atomic mass is 9.48. The molecule has 2 heteroatoms. The molecule has 4 aliphatic carbocycles. The minimum absolute atomic E-state index is 0.0627. The highest BCUT2D eigenvalue weighted by Gasteiger charge is 2.60. The first-order valence-electron chi connectivity index (χ1n) is 8.70. The Balaban J connectivity index is 1.77. The Kier molecular flexibility index (Phi) is 2.97. The Morgan fingerprint density at radius 1 is 1.19 bits per heavy atom. The van der Waals surface area contributed by atoms with Crippen LogP contribution in [0.15, 0.2) is 23.8 Å². The molecule has 2 nitrogen and oxygen atoms in total. The van der Waals surface area contributed by atoms with Crippen molar-refractivity contribution in [3.05, 3.63) is 23.8 Å². The van der Waals surface area contributed by atoms with E-state index in [1.165, 1.54) is 12.0 Å². The largest absolute Gasteiger partial charge is 0.393 e. The van der Waals surface area contributed by atoms with E-state index in [0.29, 0.717) is 17.8 Å². The van der Waals surface area contributed by atoms with E-state index in [-0.39, 0.29) is 23.0 Å². The molecule has 0 heterocycles. The number of aliphatic hydroxyl groups excluding tert-OH is 2. The minimum Gasteiger partial charge on any atom is -0.393 e. The predicted molar refractivity (Wildman–Crippen MR) is 83.6 cm³/mol. The summed E-state index contributed by atoms with van der Waals surface area (Å²) in [6, 6.07) is 0. The second kappa shape index (κ2) is 4.45. The quantitative estimate of drug-likeness (QED) is 0.717. The molecule has 0 aromatic heterocycles. The maximum atomic E-state index is 11.0. The molecule has 0 aromatic rings.